The molecule has 0 saturated heterocycles. The first kappa shape index (κ1) is 13.8. The number of rotatable bonds is 1. The van der Waals surface area contributed by atoms with E-state index in [0.29, 0.717) is 28.6 Å². The van der Waals surface area contributed by atoms with Gasteiger partial charge >= 0.3 is 6.18 Å². The van der Waals surface area contributed by atoms with Crippen LogP contribution < -0.4 is 0 Å². The van der Waals surface area contributed by atoms with Gasteiger partial charge in [-0.25, -0.2) is 4.98 Å². The number of alkyl halides is 3. The van der Waals surface area contributed by atoms with Crippen molar-refractivity contribution in [3.05, 3.63) is 16.1 Å². The summed E-state index contributed by atoms with van der Waals surface area (Å²) >= 11 is 0.565. The van der Waals surface area contributed by atoms with Gasteiger partial charge < -0.3 is 5.11 Å². The van der Waals surface area contributed by atoms with E-state index in [2.05, 4.69) is 4.98 Å². The zero-order chi connectivity index (χ0) is 13.6. The van der Waals surface area contributed by atoms with Gasteiger partial charge in [0.15, 0.2) is 5.01 Å². The summed E-state index contributed by atoms with van der Waals surface area (Å²) in [6, 6.07) is 0. The van der Waals surface area contributed by atoms with Gasteiger partial charge in [0.2, 0.25) is 0 Å². The quantitative estimate of drug-likeness (QED) is 0.848. The maximum Gasteiger partial charge on any atom is 0.443 e. The molecule has 0 amide bonds. The van der Waals surface area contributed by atoms with E-state index in [1.807, 2.05) is 13.8 Å². The van der Waals surface area contributed by atoms with Crippen LogP contribution in [0, 0.1) is 11.8 Å². The van der Waals surface area contributed by atoms with E-state index in [-0.39, 0.29) is 5.92 Å². The highest BCUT2D eigenvalue weighted by Gasteiger charge is 2.44. The summed E-state index contributed by atoms with van der Waals surface area (Å²) in [5, 5.41) is 9.79. The third kappa shape index (κ3) is 2.28. The van der Waals surface area contributed by atoms with Crippen molar-refractivity contribution in [2.45, 2.75) is 44.9 Å². The smallest absolute Gasteiger partial charge is 0.384 e. The van der Waals surface area contributed by atoms with Crippen LogP contribution in [-0.2, 0) is 11.8 Å². The molecule has 3 unspecified atom stereocenters. The van der Waals surface area contributed by atoms with Gasteiger partial charge in [-0.1, -0.05) is 20.3 Å². The summed E-state index contributed by atoms with van der Waals surface area (Å²) in [4.78, 5) is 3.74. The third-order valence-corrected chi connectivity index (χ3v) is 5.21. The van der Waals surface area contributed by atoms with Crippen LogP contribution in [0.4, 0.5) is 13.2 Å². The van der Waals surface area contributed by atoms with E-state index < -0.39 is 16.8 Å². The Kier molecular flexibility index (Phi) is 3.44. The average molecular weight is 279 g/mol. The maximum absolute atomic E-state index is 12.5. The van der Waals surface area contributed by atoms with Gasteiger partial charge in [0.1, 0.15) is 5.60 Å². The predicted octanol–water partition coefficient (Wildman–Crippen LogP) is 3.81. The van der Waals surface area contributed by atoms with Gasteiger partial charge in [-0.2, -0.15) is 13.2 Å². The lowest BCUT2D eigenvalue weighted by Crippen LogP contribution is -2.39. The van der Waals surface area contributed by atoms with E-state index in [9.17, 15) is 18.3 Å². The molecule has 1 heterocycles. The molecule has 3 atom stereocenters. The minimum atomic E-state index is -4.43. The molecule has 2 nitrogen and oxygen atoms in total. The Morgan fingerprint density at radius 3 is 2.67 bits per heavy atom. The van der Waals surface area contributed by atoms with Crippen molar-refractivity contribution in [3.8, 4) is 0 Å². The number of halogens is 3. The van der Waals surface area contributed by atoms with Crippen LogP contribution >= 0.6 is 11.3 Å². The Morgan fingerprint density at radius 2 is 2.11 bits per heavy atom. The summed E-state index contributed by atoms with van der Waals surface area (Å²) in [5.74, 6) is 0.257. The van der Waals surface area contributed by atoms with Gasteiger partial charge in [-0.3, -0.25) is 0 Å². The van der Waals surface area contributed by atoms with Crippen LogP contribution in [0.2, 0.25) is 0 Å². The van der Waals surface area contributed by atoms with E-state index in [1.165, 1.54) is 6.20 Å². The predicted molar refractivity (Wildman–Crippen MR) is 63.2 cm³/mol. The summed E-state index contributed by atoms with van der Waals surface area (Å²) in [7, 11) is 0. The normalized spacial score (nSPS) is 33.7. The molecule has 0 spiro atoms. The van der Waals surface area contributed by atoms with Crippen molar-refractivity contribution in [1.29, 1.82) is 0 Å². The molecule has 1 N–H and O–H groups in total. The number of hydrogen-bond acceptors (Lipinski definition) is 3. The molecule has 1 aromatic heterocycles. The van der Waals surface area contributed by atoms with E-state index in [4.69, 9.17) is 0 Å². The molecule has 0 aliphatic heterocycles. The first-order valence-electron chi connectivity index (χ1n) is 6.01. The lowest BCUT2D eigenvalue weighted by molar-refractivity contribution is -0.137. The Hall–Kier alpha value is -0.620. The second-order valence-electron chi connectivity index (χ2n) is 5.11. The largest absolute Gasteiger partial charge is 0.443 e. The molecule has 18 heavy (non-hydrogen) atoms. The van der Waals surface area contributed by atoms with Crippen molar-refractivity contribution in [2.24, 2.45) is 11.8 Å². The number of aliphatic hydroxyl groups is 1. The number of hydrogen-bond donors (Lipinski definition) is 1. The van der Waals surface area contributed by atoms with Crippen molar-refractivity contribution >= 4 is 11.3 Å². The SMILES string of the molecule is CC1CCCC(O)(c2cnc(C(F)(F)F)s2)C1C. The fourth-order valence-corrected chi connectivity index (χ4v) is 3.59. The lowest BCUT2D eigenvalue weighted by Gasteiger charge is -2.41. The molecule has 2 rings (SSSR count). The molecular weight excluding hydrogens is 263 g/mol. The average Bonchev–Trinajstić information content (AvgIpc) is 2.75. The number of aromatic nitrogens is 1. The van der Waals surface area contributed by atoms with Crippen molar-refractivity contribution < 1.29 is 18.3 Å². The fraction of sp³-hybridized carbons (Fsp3) is 0.750. The fourth-order valence-electron chi connectivity index (χ4n) is 2.59. The molecule has 1 aliphatic rings. The molecule has 1 fully saturated rings. The molecule has 1 aliphatic carbocycles. The minimum Gasteiger partial charge on any atom is -0.384 e. The zero-order valence-corrected chi connectivity index (χ0v) is 11.1. The van der Waals surface area contributed by atoms with Crippen molar-refractivity contribution in [2.75, 3.05) is 0 Å². The topological polar surface area (TPSA) is 33.1 Å². The van der Waals surface area contributed by atoms with Gasteiger partial charge in [0, 0.05) is 6.20 Å². The molecule has 0 radical (unpaired) electrons. The number of thiazole rings is 1. The highest BCUT2D eigenvalue weighted by atomic mass is 32.1. The van der Waals surface area contributed by atoms with Crippen LogP contribution in [0.3, 0.4) is 0 Å². The standard InChI is InChI=1S/C12H16F3NOS/c1-7-4-3-5-11(17,8(7)2)9-6-16-10(18-9)12(13,14)15/h6-8,17H,3-5H2,1-2H3. The summed E-state index contributed by atoms with van der Waals surface area (Å²) in [6.45, 7) is 3.93. The van der Waals surface area contributed by atoms with E-state index in [0.717, 1.165) is 12.8 Å². The van der Waals surface area contributed by atoms with Gasteiger partial charge in [-0.15, -0.1) is 11.3 Å². The Balaban J connectivity index is 2.32. The second kappa shape index (κ2) is 4.49. The maximum atomic E-state index is 12.5. The van der Waals surface area contributed by atoms with Crippen LogP contribution in [0.25, 0.3) is 0 Å². The van der Waals surface area contributed by atoms with Crippen molar-refractivity contribution in [1.82, 2.24) is 4.98 Å². The summed E-state index contributed by atoms with van der Waals surface area (Å²) in [5.41, 5.74) is -1.15. The Morgan fingerprint density at radius 1 is 1.44 bits per heavy atom. The Bertz CT molecular complexity index is 431. The molecule has 102 valence electrons. The van der Waals surface area contributed by atoms with E-state index in [1.54, 1.807) is 0 Å². The first-order valence-corrected chi connectivity index (χ1v) is 6.82. The lowest BCUT2D eigenvalue weighted by atomic mass is 9.70. The second-order valence-corrected chi connectivity index (χ2v) is 6.14. The van der Waals surface area contributed by atoms with Crippen LogP contribution in [0.15, 0.2) is 6.20 Å². The molecule has 0 bridgehead atoms. The molecule has 0 aromatic carbocycles. The van der Waals surface area contributed by atoms with Crippen molar-refractivity contribution in [3.63, 3.8) is 0 Å². The van der Waals surface area contributed by atoms with Crippen LogP contribution in [0.1, 0.15) is 43.0 Å². The molecular formula is C12H16F3NOS. The Labute approximate surface area is 108 Å². The van der Waals surface area contributed by atoms with Gasteiger partial charge in [-0.05, 0) is 24.7 Å². The van der Waals surface area contributed by atoms with Crippen LogP contribution in [-0.4, -0.2) is 10.1 Å². The molecule has 1 saturated carbocycles. The highest BCUT2D eigenvalue weighted by Crippen LogP contribution is 2.47. The highest BCUT2D eigenvalue weighted by molar-refractivity contribution is 7.11. The minimum absolute atomic E-state index is 0.0483. The van der Waals surface area contributed by atoms with Crippen LogP contribution in [0.5, 0.6) is 0 Å². The number of nitrogens with zero attached hydrogens (tertiary/aromatic N) is 1. The summed E-state index contributed by atoms with van der Waals surface area (Å²) < 4.78 is 37.6. The van der Waals surface area contributed by atoms with Gasteiger partial charge in [0.05, 0.1) is 4.88 Å². The first-order chi connectivity index (χ1) is 8.25. The zero-order valence-electron chi connectivity index (χ0n) is 10.3. The monoisotopic (exact) mass is 279 g/mol. The van der Waals surface area contributed by atoms with E-state index >= 15 is 0 Å². The van der Waals surface area contributed by atoms with Gasteiger partial charge in [0.25, 0.3) is 0 Å². The molecule has 6 heteroatoms. The third-order valence-electron chi connectivity index (χ3n) is 4.00. The molecule has 1 aromatic rings. The summed E-state index contributed by atoms with van der Waals surface area (Å²) in [6.07, 6.45) is -0.890.